The second kappa shape index (κ2) is 7.76. The van der Waals surface area contributed by atoms with E-state index < -0.39 is 0 Å². The van der Waals surface area contributed by atoms with Gasteiger partial charge in [0.2, 0.25) is 0 Å². The number of carbonyl (C=O) groups is 1. The standard InChI is InChI=1S/C22H23N3O3/c1-27-18-13-17(14-19(15-18)28-2)22(26)25-11-9-24(10-12-25)20-7-3-5-16-6-4-8-23-21(16)20/h3-8,13-15H,9-12H2,1-2H3. The third-order valence-corrected chi connectivity index (χ3v) is 5.12. The van der Waals surface area contributed by atoms with Crippen molar-refractivity contribution in [2.24, 2.45) is 0 Å². The number of nitrogens with zero attached hydrogens (tertiary/aromatic N) is 3. The first-order chi connectivity index (χ1) is 13.7. The minimum absolute atomic E-state index is 0.00658. The van der Waals surface area contributed by atoms with Gasteiger partial charge in [-0.15, -0.1) is 0 Å². The SMILES string of the molecule is COc1cc(OC)cc(C(=O)N2CCN(c3cccc4cccnc34)CC2)c1. The van der Waals surface area contributed by atoms with Crippen LogP contribution in [0.3, 0.4) is 0 Å². The highest BCUT2D eigenvalue weighted by atomic mass is 16.5. The Morgan fingerprint density at radius 3 is 2.29 bits per heavy atom. The quantitative estimate of drug-likeness (QED) is 0.699. The average molecular weight is 377 g/mol. The maximum Gasteiger partial charge on any atom is 0.254 e. The van der Waals surface area contributed by atoms with Gasteiger partial charge in [-0.25, -0.2) is 0 Å². The second-order valence-corrected chi connectivity index (χ2v) is 6.73. The maximum absolute atomic E-state index is 13.0. The predicted molar refractivity (Wildman–Crippen MR) is 109 cm³/mol. The topological polar surface area (TPSA) is 54.9 Å². The third-order valence-electron chi connectivity index (χ3n) is 5.12. The minimum Gasteiger partial charge on any atom is -0.497 e. The molecule has 0 bridgehead atoms. The summed E-state index contributed by atoms with van der Waals surface area (Å²) in [5.41, 5.74) is 2.70. The molecule has 6 nitrogen and oxygen atoms in total. The summed E-state index contributed by atoms with van der Waals surface area (Å²) in [6, 6.07) is 15.5. The van der Waals surface area contributed by atoms with Gasteiger partial charge in [-0.05, 0) is 24.3 Å². The molecule has 0 radical (unpaired) electrons. The van der Waals surface area contributed by atoms with Crippen LogP contribution >= 0.6 is 0 Å². The van der Waals surface area contributed by atoms with Crippen LogP contribution in [0.25, 0.3) is 10.9 Å². The number of methoxy groups -OCH3 is 2. The number of anilines is 1. The Labute approximate surface area is 164 Å². The van der Waals surface area contributed by atoms with Gasteiger partial charge in [0.05, 0.1) is 25.4 Å². The zero-order valence-electron chi connectivity index (χ0n) is 16.1. The highest BCUT2D eigenvalue weighted by Crippen LogP contribution is 2.27. The van der Waals surface area contributed by atoms with Crippen LogP contribution in [0.4, 0.5) is 5.69 Å². The fourth-order valence-electron chi connectivity index (χ4n) is 3.61. The monoisotopic (exact) mass is 377 g/mol. The van der Waals surface area contributed by atoms with Crippen LogP contribution in [0, 0.1) is 0 Å². The van der Waals surface area contributed by atoms with Gasteiger partial charge in [-0.2, -0.15) is 0 Å². The van der Waals surface area contributed by atoms with Gasteiger partial charge in [0.15, 0.2) is 0 Å². The lowest BCUT2D eigenvalue weighted by Crippen LogP contribution is -2.48. The third kappa shape index (κ3) is 3.45. The smallest absolute Gasteiger partial charge is 0.254 e. The molecule has 1 saturated heterocycles. The summed E-state index contributed by atoms with van der Waals surface area (Å²) in [4.78, 5) is 21.7. The van der Waals surface area contributed by atoms with E-state index in [1.54, 1.807) is 32.4 Å². The number of aromatic nitrogens is 1. The molecule has 0 unspecified atom stereocenters. The van der Waals surface area contributed by atoms with Gasteiger partial charge in [0.1, 0.15) is 11.5 Å². The normalized spacial score (nSPS) is 14.2. The first-order valence-corrected chi connectivity index (χ1v) is 9.30. The number of ether oxygens (including phenoxy) is 2. The van der Waals surface area contributed by atoms with Crippen LogP contribution < -0.4 is 14.4 Å². The molecule has 1 aromatic heterocycles. The average Bonchev–Trinajstić information content (AvgIpc) is 2.78. The van der Waals surface area contributed by atoms with E-state index >= 15 is 0 Å². The van der Waals surface area contributed by atoms with Crippen LogP contribution in [0.1, 0.15) is 10.4 Å². The predicted octanol–water partition coefficient (Wildman–Crippen LogP) is 3.21. The molecule has 1 fully saturated rings. The summed E-state index contributed by atoms with van der Waals surface area (Å²) < 4.78 is 10.6. The number of amides is 1. The molecule has 3 aromatic rings. The summed E-state index contributed by atoms with van der Waals surface area (Å²) in [7, 11) is 3.17. The molecule has 2 heterocycles. The largest absolute Gasteiger partial charge is 0.497 e. The van der Waals surface area contributed by atoms with Crippen molar-refractivity contribution in [3.05, 3.63) is 60.3 Å². The van der Waals surface area contributed by atoms with Crippen LogP contribution in [0.2, 0.25) is 0 Å². The van der Waals surface area contributed by atoms with Gasteiger partial charge >= 0.3 is 0 Å². The number of carbonyl (C=O) groups excluding carboxylic acids is 1. The van der Waals surface area contributed by atoms with E-state index in [4.69, 9.17) is 9.47 Å². The first kappa shape index (κ1) is 18.1. The number of rotatable bonds is 4. The molecule has 1 amide bonds. The molecule has 0 spiro atoms. The van der Waals surface area contributed by atoms with Crippen LogP contribution in [-0.4, -0.2) is 56.2 Å². The molecule has 6 heteroatoms. The molecule has 0 N–H and O–H groups in total. The molecule has 0 atom stereocenters. The van der Waals surface area contributed by atoms with Crippen LogP contribution in [0.15, 0.2) is 54.7 Å². The summed E-state index contributed by atoms with van der Waals surface area (Å²) in [6.07, 6.45) is 1.82. The molecule has 28 heavy (non-hydrogen) atoms. The molecule has 0 aliphatic carbocycles. The van der Waals surface area contributed by atoms with Crippen molar-refractivity contribution in [3.8, 4) is 11.5 Å². The van der Waals surface area contributed by atoms with Gasteiger partial charge in [-0.1, -0.05) is 18.2 Å². The van der Waals surface area contributed by atoms with E-state index in [1.165, 1.54) is 0 Å². The zero-order chi connectivity index (χ0) is 19.5. The Hall–Kier alpha value is -3.28. The van der Waals surface area contributed by atoms with Crippen LogP contribution in [0.5, 0.6) is 11.5 Å². The van der Waals surface area contributed by atoms with Gasteiger partial charge in [-0.3, -0.25) is 9.78 Å². The first-order valence-electron chi connectivity index (χ1n) is 9.30. The Bertz CT molecular complexity index is 970. The van der Waals surface area contributed by atoms with Crippen molar-refractivity contribution in [3.63, 3.8) is 0 Å². The molecular weight excluding hydrogens is 354 g/mol. The number of para-hydroxylation sites is 1. The number of hydrogen-bond acceptors (Lipinski definition) is 5. The highest BCUT2D eigenvalue weighted by Gasteiger charge is 2.24. The molecule has 0 saturated carbocycles. The Kier molecular flexibility index (Phi) is 5.02. The number of fused-ring (bicyclic) bond motifs is 1. The van der Waals surface area contributed by atoms with Crippen molar-refractivity contribution >= 4 is 22.5 Å². The number of hydrogen-bond donors (Lipinski definition) is 0. The molecule has 2 aromatic carbocycles. The van der Waals surface area contributed by atoms with Crippen molar-refractivity contribution in [2.45, 2.75) is 0 Å². The van der Waals surface area contributed by atoms with Crippen molar-refractivity contribution in [2.75, 3.05) is 45.3 Å². The van der Waals surface area contributed by atoms with E-state index in [-0.39, 0.29) is 5.91 Å². The van der Waals surface area contributed by atoms with Crippen LogP contribution in [-0.2, 0) is 0 Å². The Morgan fingerprint density at radius 1 is 0.929 bits per heavy atom. The number of pyridine rings is 1. The summed E-state index contributed by atoms with van der Waals surface area (Å²) in [5.74, 6) is 1.22. The van der Waals surface area contributed by atoms with E-state index in [1.807, 2.05) is 17.2 Å². The number of benzene rings is 2. The van der Waals surface area contributed by atoms with Gasteiger partial charge in [0, 0.05) is 49.4 Å². The minimum atomic E-state index is -0.00658. The van der Waals surface area contributed by atoms with E-state index in [0.29, 0.717) is 30.2 Å². The van der Waals surface area contributed by atoms with E-state index in [0.717, 1.165) is 29.7 Å². The van der Waals surface area contributed by atoms with Crippen molar-refractivity contribution < 1.29 is 14.3 Å². The molecular formula is C22H23N3O3. The Balaban J connectivity index is 1.50. The van der Waals surface area contributed by atoms with Gasteiger partial charge in [0.25, 0.3) is 5.91 Å². The zero-order valence-corrected chi connectivity index (χ0v) is 16.1. The fraction of sp³-hybridized carbons (Fsp3) is 0.273. The highest BCUT2D eigenvalue weighted by molar-refractivity contribution is 5.95. The van der Waals surface area contributed by atoms with E-state index in [2.05, 4.69) is 34.1 Å². The lowest BCUT2D eigenvalue weighted by atomic mass is 10.1. The van der Waals surface area contributed by atoms with Crippen molar-refractivity contribution in [1.82, 2.24) is 9.88 Å². The van der Waals surface area contributed by atoms with Gasteiger partial charge < -0.3 is 19.3 Å². The summed E-state index contributed by atoms with van der Waals surface area (Å²) in [6.45, 7) is 2.84. The van der Waals surface area contributed by atoms with Crippen molar-refractivity contribution in [1.29, 1.82) is 0 Å². The summed E-state index contributed by atoms with van der Waals surface area (Å²) in [5, 5.41) is 1.13. The molecule has 1 aliphatic heterocycles. The second-order valence-electron chi connectivity index (χ2n) is 6.73. The maximum atomic E-state index is 13.0. The fourth-order valence-corrected chi connectivity index (χ4v) is 3.61. The Morgan fingerprint density at radius 2 is 1.61 bits per heavy atom. The number of piperazine rings is 1. The lowest BCUT2D eigenvalue weighted by molar-refractivity contribution is 0.0746. The summed E-state index contributed by atoms with van der Waals surface area (Å²) >= 11 is 0. The lowest BCUT2D eigenvalue weighted by Gasteiger charge is -2.36. The molecule has 144 valence electrons. The van der Waals surface area contributed by atoms with E-state index in [9.17, 15) is 4.79 Å². The molecule has 1 aliphatic rings. The molecule has 4 rings (SSSR count).